The van der Waals surface area contributed by atoms with Gasteiger partial charge in [-0.15, -0.1) is 0 Å². The van der Waals surface area contributed by atoms with Crippen LogP contribution in [0.2, 0.25) is 0 Å². The molecule has 0 aliphatic carbocycles. The Balaban J connectivity index is 2.05. The van der Waals surface area contributed by atoms with Gasteiger partial charge in [-0.2, -0.15) is 0 Å². The maximum atomic E-state index is 12.2. The van der Waals surface area contributed by atoms with Crippen LogP contribution in [-0.2, 0) is 0 Å². The van der Waals surface area contributed by atoms with Crippen molar-refractivity contribution in [2.24, 2.45) is 5.92 Å². The molecule has 1 atom stereocenters. The number of benzene rings is 2. The van der Waals surface area contributed by atoms with Gasteiger partial charge in [-0.3, -0.25) is 14.9 Å². The minimum Gasteiger partial charge on any atom is -0.294 e. The first-order valence-corrected chi connectivity index (χ1v) is 7.99. The lowest BCUT2D eigenvalue weighted by molar-refractivity contribution is -0.485. The number of allylic oxidation sites excluding steroid dienone is 1. The number of ketones is 1. The van der Waals surface area contributed by atoms with E-state index in [1.165, 1.54) is 0 Å². The van der Waals surface area contributed by atoms with Crippen molar-refractivity contribution >= 4 is 11.9 Å². The third kappa shape index (κ3) is 6.44. The molecule has 0 unspecified atom stereocenters. The van der Waals surface area contributed by atoms with E-state index in [-0.39, 0.29) is 18.7 Å². The molecule has 0 N–H and O–H groups in total. The largest absolute Gasteiger partial charge is 0.294 e. The summed E-state index contributed by atoms with van der Waals surface area (Å²) in [5, 5.41) is 10.8. The van der Waals surface area contributed by atoms with E-state index in [4.69, 9.17) is 0 Å². The van der Waals surface area contributed by atoms with Crippen molar-refractivity contribution in [2.45, 2.75) is 13.3 Å². The second-order valence-corrected chi connectivity index (χ2v) is 5.74. The first-order chi connectivity index (χ1) is 12.0. The minimum absolute atomic E-state index is 0.0380. The van der Waals surface area contributed by atoms with Crippen LogP contribution < -0.4 is 0 Å². The molecule has 0 fully saturated rings. The van der Waals surface area contributed by atoms with E-state index in [2.05, 4.69) is 11.8 Å². The molecule has 0 aliphatic heterocycles. The van der Waals surface area contributed by atoms with Crippen LogP contribution in [0.1, 0.15) is 27.9 Å². The predicted octanol–water partition coefficient (Wildman–Crippen LogP) is 4.18. The fraction of sp³-hybridized carbons (Fsp3) is 0.190. The van der Waals surface area contributed by atoms with Crippen LogP contribution in [0.3, 0.4) is 0 Å². The summed E-state index contributed by atoms with van der Waals surface area (Å²) in [5.41, 5.74) is 2.71. The Labute approximate surface area is 147 Å². The summed E-state index contributed by atoms with van der Waals surface area (Å²) in [4.78, 5) is 22.6. The highest BCUT2D eigenvalue weighted by Crippen LogP contribution is 2.10. The number of rotatable bonds is 6. The summed E-state index contributed by atoms with van der Waals surface area (Å²) in [6.07, 6.45) is 3.55. The van der Waals surface area contributed by atoms with Gasteiger partial charge >= 0.3 is 0 Å². The second kappa shape index (κ2) is 9.19. The minimum atomic E-state index is -0.607. The van der Waals surface area contributed by atoms with Gasteiger partial charge in [0.25, 0.3) is 0 Å². The highest BCUT2D eigenvalue weighted by molar-refractivity contribution is 5.96. The molecular formula is C21H19NO3. The Morgan fingerprint density at radius 2 is 1.96 bits per heavy atom. The first-order valence-electron chi connectivity index (χ1n) is 7.99. The van der Waals surface area contributed by atoms with Gasteiger partial charge in [-0.05, 0) is 24.6 Å². The lowest BCUT2D eigenvalue weighted by Crippen LogP contribution is -2.16. The van der Waals surface area contributed by atoms with Crippen LogP contribution in [0.25, 0.3) is 6.08 Å². The summed E-state index contributed by atoms with van der Waals surface area (Å²) in [7, 11) is 0. The lowest BCUT2D eigenvalue weighted by Gasteiger charge is -2.05. The summed E-state index contributed by atoms with van der Waals surface area (Å²) < 4.78 is 0. The second-order valence-electron chi connectivity index (χ2n) is 5.74. The van der Waals surface area contributed by atoms with Gasteiger partial charge in [0.15, 0.2) is 5.78 Å². The van der Waals surface area contributed by atoms with Crippen molar-refractivity contribution in [2.75, 3.05) is 6.54 Å². The van der Waals surface area contributed by atoms with Crippen molar-refractivity contribution in [3.8, 4) is 11.8 Å². The highest BCUT2D eigenvalue weighted by atomic mass is 16.6. The normalized spacial score (nSPS) is 11.6. The number of hydrogen-bond acceptors (Lipinski definition) is 3. The number of nitro groups is 1. The molecule has 0 bridgehead atoms. The van der Waals surface area contributed by atoms with E-state index < -0.39 is 10.8 Å². The first kappa shape index (κ1) is 18.2. The molecule has 0 saturated heterocycles. The molecule has 4 nitrogen and oxygen atoms in total. The Morgan fingerprint density at radius 1 is 1.20 bits per heavy atom. The third-order valence-electron chi connectivity index (χ3n) is 3.59. The Hall–Kier alpha value is -3.19. The average molecular weight is 333 g/mol. The van der Waals surface area contributed by atoms with E-state index in [1.54, 1.807) is 30.3 Å². The molecule has 2 aromatic carbocycles. The van der Waals surface area contributed by atoms with E-state index >= 15 is 0 Å². The number of Topliss-reactive ketones (excluding diaryl/α,β-unsaturated/α-hetero) is 1. The van der Waals surface area contributed by atoms with Crippen LogP contribution in [-0.4, -0.2) is 17.3 Å². The fourth-order valence-electron chi connectivity index (χ4n) is 2.38. The van der Waals surface area contributed by atoms with Crippen molar-refractivity contribution in [3.63, 3.8) is 0 Å². The zero-order chi connectivity index (χ0) is 18.1. The zero-order valence-electron chi connectivity index (χ0n) is 14.0. The van der Waals surface area contributed by atoms with Crippen molar-refractivity contribution in [1.82, 2.24) is 0 Å². The number of carbonyl (C=O) groups excluding carboxylic acids is 1. The molecule has 0 spiro atoms. The molecule has 2 aromatic rings. The van der Waals surface area contributed by atoms with Crippen molar-refractivity contribution in [3.05, 3.63) is 87.5 Å². The van der Waals surface area contributed by atoms with Gasteiger partial charge in [0, 0.05) is 16.9 Å². The molecule has 4 heteroatoms. The standard InChI is InChI=1S/C21H19NO3/c1-17-8-7-11-18(14-17)9-5-6-10-19(16-22(24)25)15-21(23)20-12-3-2-4-13-20/h2-5,7-9,11-14,19H,15-16H2,1H3/b9-5+/t19-/m1/s1. The highest BCUT2D eigenvalue weighted by Gasteiger charge is 2.18. The summed E-state index contributed by atoms with van der Waals surface area (Å²) in [6, 6.07) is 16.7. The summed E-state index contributed by atoms with van der Waals surface area (Å²) in [6.45, 7) is 1.66. The monoisotopic (exact) mass is 333 g/mol. The summed E-state index contributed by atoms with van der Waals surface area (Å²) >= 11 is 0. The molecule has 126 valence electrons. The van der Waals surface area contributed by atoms with Gasteiger partial charge in [-0.25, -0.2) is 0 Å². The molecule has 0 amide bonds. The Bertz CT molecular complexity index is 829. The molecule has 0 saturated carbocycles. The van der Waals surface area contributed by atoms with Gasteiger partial charge in [0.05, 0.1) is 5.92 Å². The number of nitrogens with zero attached hydrogens (tertiary/aromatic N) is 1. The summed E-state index contributed by atoms with van der Waals surface area (Å²) in [5.74, 6) is 4.92. The van der Waals surface area contributed by atoms with E-state index in [0.29, 0.717) is 5.56 Å². The molecular weight excluding hydrogens is 314 g/mol. The van der Waals surface area contributed by atoms with Crippen LogP contribution in [0.5, 0.6) is 0 Å². The molecule has 0 radical (unpaired) electrons. The maximum Gasteiger partial charge on any atom is 0.217 e. The third-order valence-corrected chi connectivity index (χ3v) is 3.59. The predicted molar refractivity (Wildman–Crippen MR) is 98.7 cm³/mol. The van der Waals surface area contributed by atoms with Crippen LogP contribution in [0.4, 0.5) is 0 Å². The molecule has 2 rings (SSSR count). The molecule has 0 aliphatic rings. The Morgan fingerprint density at radius 3 is 2.64 bits per heavy atom. The molecule has 25 heavy (non-hydrogen) atoms. The van der Waals surface area contributed by atoms with Crippen molar-refractivity contribution < 1.29 is 9.72 Å². The average Bonchev–Trinajstić information content (AvgIpc) is 2.59. The topological polar surface area (TPSA) is 60.2 Å². The number of aryl methyl sites for hydroxylation is 1. The lowest BCUT2D eigenvalue weighted by atomic mass is 9.98. The number of hydrogen-bond donors (Lipinski definition) is 0. The zero-order valence-corrected chi connectivity index (χ0v) is 14.0. The van der Waals surface area contributed by atoms with Gasteiger partial charge in [-0.1, -0.05) is 72.0 Å². The van der Waals surface area contributed by atoms with E-state index in [0.717, 1.165) is 11.1 Å². The van der Waals surface area contributed by atoms with Crippen molar-refractivity contribution in [1.29, 1.82) is 0 Å². The van der Waals surface area contributed by atoms with Crippen LogP contribution in [0.15, 0.2) is 60.7 Å². The van der Waals surface area contributed by atoms with Gasteiger partial charge in [0.1, 0.15) is 0 Å². The Kier molecular flexibility index (Phi) is 6.67. The van der Waals surface area contributed by atoms with Gasteiger partial charge < -0.3 is 0 Å². The van der Waals surface area contributed by atoms with E-state index in [9.17, 15) is 14.9 Å². The molecule has 0 aromatic heterocycles. The quantitative estimate of drug-likeness (QED) is 0.345. The van der Waals surface area contributed by atoms with Crippen LogP contribution >= 0.6 is 0 Å². The van der Waals surface area contributed by atoms with Gasteiger partial charge in [0.2, 0.25) is 6.54 Å². The maximum absolute atomic E-state index is 12.2. The molecule has 0 heterocycles. The smallest absolute Gasteiger partial charge is 0.217 e. The van der Waals surface area contributed by atoms with Crippen LogP contribution in [0, 0.1) is 34.8 Å². The number of carbonyl (C=O) groups is 1. The van der Waals surface area contributed by atoms with E-state index in [1.807, 2.05) is 43.3 Å². The fourth-order valence-corrected chi connectivity index (χ4v) is 2.38. The SMILES string of the molecule is Cc1cccc(/C=C/C#C[C@H](CC(=O)c2ccccc2)C[N+](=O)[O-])c1.